The third-order valence-electron chi connectivity index (χ3n) is 2.35. The Morgan fingerprint density at radius 3 is 3.17 bits per heavy atom. The molecule has 0 aromatic carbocycles. The first-order valence-electron chi connectivity index (χ1n) is 5.45. The van der Waals surface area contributed by atoms with Crippen molar-refractivity contribution in [2.24, 2.45) is 0 Å². The molecule has 1 N–H and O–H groups in total. The highest BCUT2D eigenvalue weighted by Crippen LogP contribution is 2.30. The molecule has 2 heterocycles. The smallest absolute Gasteiger partial charge is 0.353 e. The van der Waals surface area contributed by atoms with E-state index in [0.29, 0.717) is 5.75 Å². The lowest BCUT2D eigenvalue weighted by molar-refractivity contribution is -0.00708. The monoisotopic (exact) mass is 276 g/mol. The first-order chi connectivity index (χ1) is 8.65. The molecule has 2 atom stereocenters. The van der Waals surface area contributed by atoms with E-state index in [0.717, 1.165) is 10.8 Å². The van der Waals surface area contributed by atoms with Crippen molar-refractivity contribution in [2.75, 3.05) is 19.0 Å². The molecule has 100 valence electrons. The molecule has 0 radical (unpaired) electrons. The lowest BCUT2D eigenvalue weighted by Crippen LogP contribution is -2.29. The summed E-state index contributed by atoms with van der Waals surface area (Å²) >= 11 is 1.36. The van der Waals surface area contributed by atoms with Gasteiger partial charge in [0.15, 0.2) is 0 Å². The fourth-order valence-corrected chi connectivity index (χ4v) is 2.49. The summed E-state index contributed by atoms with van der Waals surface area (Å²) in [6.45, 7) is 1.76. The molecule has 6 nitrogen and oxygen atoms in total. The Morgan fingerprint density at radius 2 is 2.56 bits per heavy atom. The minimum Gasteiger partial charge on any atom is -0.476 e. The van der Waals surface area contributed by atoms with E-state index in [2.05, 4.69) is 4.98 Å². The number of nitrogens with zero attached hydrogens (tertiary/aromatic N) is 2. The zero-order chi connectivity index (χ0) is 13.1. The fraction of sp³-hybridized carbons (Fsp3) is 0.600. The Hall–Kier alpha value is -1.12. The van der Waals surface area contributed by atoms with E-state index in [-0.39, 0.29) is 19.1 Å². The molecule has 0 aliphatic carbocycles. The average Bonchev–Trinajstić information content (AvgIpc) is 2.82. The summed E-state index contributed by atoms with van der Waals surface area (Å²) in [5.74, 6) is -0.555. The van der Waals surface area contributed by atoms with Gasteiger partial charge in [0, 0.05) is 5.75 Å². The van der Waals surface area contributed by atoms with Crippen LogP contribution < -0.4 is 10.4 Å². The highest BCUT2D eigenvalue weighted by molar-refractivity contribution is 8.00. The molecule has 1 aromatic rings. The van der Waals surface area contributed by atoms with Crippen LogP contribution in [-0.4, -0.2) is 39.1 Å². The van der Waals surface area contributed by atoms with Crippen LogP contribution in [0.25, 0.3) is 0 Å². The second-order valence-electron chi connectivity index (χ2n) is 3.55. The van der Waals surface area contributed by atoms with Gasteiger partial charge >= 0.3 is 5.69 Å². The fourth-order valence-electron chi connectivity index (χ4n) is 1.56. The van der Waals surface area contributed by atoms with Gasteiger partial charge < -0.3 is 14.6 Å². The van der Waals surface area contributed by atoms with Crippen LogP contribution in [0.2, 0.25) is 0 Å². The standard InChI is InChI=1S/C10H13FN2O4S/c1-2-16-9-6(11)3-13(10(15)12-9)7-5-18-8(4-14)17-7/h3,7-8,14H,2,4-5H2,1H3/t7-,8-/m0/s1. The molecule has 1 aliphatic heterocycles. The molecule has 0 amide bonds. The maximum absolute atomic E-state index is 13.6. The lowest BCUT2D eigenvalue weighted by atomic mass is 10.5. The average molecular weight is 276 g/mol. The lowest BCUT2D eigenvalue weighted by Gasteiger charge is -2.14. The number of halogens is 1. The molecule has 0 spiro atoms. The summed E-state index contributed by atoms with van der Waals surface area (Å²) in [4.78, 5) is 15.2. The van der Waals surface area contributed by atoms with Crippen LogP contribution in [0.4, 0.5) is 4.39 Å². The van der Waals surface area contributed by atoms with Gasteiger partial charge in [-0.3, -0.25) is 4.57 Å². The Kier molecular flexibility index (Phi) is 4.20. The van der Waals surface area contributed by atoms with Gasteiger partial charge in [0.1, 0.15) is 11.7 Å². The van der Waals surface area contributed by atoms with Crippen molar-refractivity contribution < 1.29 is 19.0 Å². The summed E-state index contributed by atoms with van der Waals surface area (Å²) in [7, 11) is 0. The highest BCUT2D eigenvalue weighted by Gasteiger charge is 2.28. The van der Waals surface area contributed by atoms with E-state index in [4.69, 9.17) is 14.6 Å². The molecule has 0 bridgehead atoms. The molecule has 1 aromatic heterocycles. The van der Waals surface area contributed by atoms with Crippen molar-refractivity contribution in [3.05, 3.63) is 22.5 Å². The Labute approximate surface area is 107 Å². The van der Waals surface area contributed by atoms with Crippen LogP contribution in [0.1, 0.15) is 13.2 Å². The third-order valence-corrected chi connectivity index (χ3v) is 3.46. The predicted molar refractivity (Wildman–Crippen MR) is 63.1 cm³/mol. The number of thioether (sulfide) groups is 1. The van der Waals surface area contributed by atoms with Gasteiger partial charge in [-0.05, 0) is 6.92 Å². The summed E-state index contributed by atoms with van der Waals surface area (Å²) in [5, 5.41) is 8.93. The molecular formula is C10H13FN2O4S. The number of aliphatic hydroxyl groups is 1. The van der Waals surface area contributed by atoms with E-state index in [1.54, 1.807) is 6.92 Å². The summed E-state index contributed by atoms with van der Waals surface area (Å²) in [5.41, 5.74) is -1.03. The van der Waals surface area contributed by atoms with Crippen LogP contribution in [0.5, 0.6) is 5.88 Å². The molecule has 0 saturated carbocycles. The second kappa shape index (κ2) is 5.68. The van der Waals surface area contributed by atoms with Crippen molar-refractivity contribution in [3.63, 3.8) is 0 Å². The molecular weight excluding hydrogens is 263 g/mol. The SMILES string of the molecule is CCOc1nc(=O)n([C@@H]2CS[C@@H](CO)O2)cc1F. The number of aliphatic hydroxyl groups excluding tert-OH is 1. The van der Waals surface area contributed by atoms with E-state index < -0.39 is 23.2 Å². The van der Waals surface area contributed by atoms with Crippen molar-refractivity contribution >= 4 is 11.8 Å². The second-order valence-corrected chi connectivity index (χ2v) is 4.75. The first-order valence-corrected chi connectivity index (χ1v) is 6.50. The van der Waals surface area contributed by atoms with E-state index in [9.17, 15) is 9.18 Å². The van der Waals surface area contributed by atoms with Gasteiger partial charge in [-0.1, -0.05) is 0 Å². The molecule has 0 unspecified atom stereocenters. The van der Waals surface area contributed by atoms with Gasteiger partial charge in [-0.2, -0.15) is 9.37 Å². The zero-order valence-electron chi connectivity index (χ0n) is 9.71. The van der Waals surface area contributed by atoms with Gasteiger partial charge in [0.25, 0.3) is 5.88 Å². The van der Waals surface area contributed by atoms with Crippen LogP contribution in [0.3, 0.4) is 0 Å². The maximum atomic E-state index is 13.6. The molecule has 1 aliphatic rings. The predicted octanol–water partition coefficient (Wildman–Crippen LogP) is 0.361. The van der Waals surface area contributed by atoms with Gasteiger partial charge in [0.05, 0.1) is 19.4 Å². The molecule has 2 rings (SSSR count). The topological polar surface area (TPSA) is 73.6 Å². The Balaban J connectivity index is 2.24. The van der Waals surface area contributed by atoms with Gasteiger partial charge in [-0.15, -0.1) is 11.8 Å². The third kappa shape index (κ3) is 2.65. The van der Waals surface area contributed by atoms with Crippen LogP contribution in [0.15, 0.2) is 11.0 Å². The largest absolute Gasteiger partial charge is 0.476 e. The van der Waals surface area contributed by atoms with Crippen molar-refractivity contribution in [2.45, 2.75) is 18.6 Å². The van der Waals surface area contributed by atoms with Gasteiger partial charge in [-0.25, -0.2) is 4.79 Å². The highest BCUT2D eigenvalue weighted by atomic mass is 32.2. The normalized spacial score (nSPS) is 23.3. The summed E-state index contributed by atoms with van der Waals surface area (Å²) in [6, 6.07) is 0. The number of rotatable bonds is 4. The van der Waals surface area contributed by atoms with E-state index in [1.807, 2.05) is 0 Å². The first kappa shape index (κ1) is 13.3. The Morgan fingerprint density at radius 1 is 1.78 bits per heavy atom. The minimum absolute atomic E-state index is 0.150. The molecule has 1 saturated heterocycles. The van der Waals surface area contributed by atoms with E-state index >= 15 is 0 Å². The molecule has 1 fully saturated rings. The quantitative estimate of drug-likeness (QED) is 0.856. The van der Waals surface area contributed by atoms with Crippen LogP contribution in [-0.2, 0) is 4.74 Å². The number of aromatic nitrogens is 2. The van der Waals surface area contributed by atoms with Crippen molar-refractivity contribution in [3.8, 4) is 5.88 Å². The number of ether oxygens (including phenoxy) is 2. The van der Waals surface area contributed by atoms with Crippen LogP contribution in [0, 0.1) is 5.82 Å². The number of hydrogen-bond donors (Lipinski definition) is 1. The number of hydrogen-bond acceptors (Lipinski definition) is 6. The van der Waals surface area contributed by atoms with Crippen molar-refractivity contribution in [1.29, 1.82) is 0 Å². The minimum atomic E-state index is -0.711. The Bertz CT molecular complexity index is 481. The molecule has 18 heavy (non-hydrogen) atoms. The maximum Gasteiger partial charge on any atom is 0.353 e. The van der Waals surface area contributed by atoms with E-state index in [1.165, 1.54) is 11.8 Å². The summed E-state index contributed by atoms with van der Waals surface area (Å²) in [6.07, 6.45) is 0.406. The molecule has 8 heteroatoms. The van der Waals surface area contributed by atoms with Crippen LogP contribution >= 0.6 is 11.8 Å². The summed E-state index contributed by atoms with van der Waals surface area (Å²) < 4.78 is 24.9. The zero-order valence-corrected chi connectivity index (χ0v) is 10.5. The van der Waals surface area contributed by atoms with Crippen molar-refractivity contribution in [1.82, 2.24) is 9.55 Å². The van der Waals surface area contributed by atoms with Gasteiger partial charge in [0.2, 0.25) is 5.82 Å².